The molecular weight excluding hydrogens is 759 g/mol. The first-order chi connectivity index (χ1) is 27.9. The smallest absolute Gasteiger partial charge is 0.354 e. The van der Waals surface area contributed by atoms with Gasteiger partial charge in [-0.15, -0.1) is 0 Å². The van der Waals surface area contributed by atoms with Gasteiger partial charge in [-0.1, -0.05) is 101 Å². The van der Waals surface area contributed by atoms with Crippen molar-refractivity contribution in [2.75, 3.05) is 0 Å². The number of carbonyl (C=O) groups excluding carboxylic acids is 8. The maximum atomic E-state index is 14.3. The van der Waals surface area contributed by atoms with Crippen molar-refractivity contribution in [3.63, 3.8) is 0 Å². The number of rotatable bonds is 15. The molecule has 7 amide bonds. The van der Waals surface area contributed by atoms with Crippen molar-refractivity contribution >= 4 is 47.3 Å². The van der Waals surface area contributed by atoms with Crippen molar-refractivity contribution in [3.05, 3.63) is 83.6 Å². The number of allylic oxidation sites excluding steroid dienone is 1. The van der Waals surface area contributed by atoms with Crippen LogP contribution in [0.15, 0.2) is 72.4 Å². The molecule has 2 aromatic carbocycles. The number of hydrogen-bond donors (Lipinski definition) is 7. The summed E-state index contributed by atoms with van der Waals surface area (Å²) in [6.07, 6.45) is 0.379. The molecule has 7 N–H and O–H groups in total. The molecule has 320 valence electrons. The van der Waals surface area contributed by atoms with E-state index in [1.54, 1.807) is 51.1 Å². The average Bonchev–Trinajstić information content (AvgIpc) is 3.19. The topological polar surface area (TPSA) is 230 Å². The Balaban J connectivity index is 1.98. The summed E-state index contributed by atoms with van der Waals surface area (Å²) in [5, 5.41) is 18.6. The number of cyclic esters (lactones) is 1. The molecule has 0 aromatic heterocycles. The lowest BCUT2D eigenvalue weighted by atomic mass is 9.99. The first-order valence-corrected chi connectivity index (χ1v) is 20.0. The minimum absolute atomic E-state index is 0.0455. The van der Waals surface area contributed by atoms with Crippen LogP contribution in [0.3, 0.4) is 0 Å². The molecule has 1 fully saturated rings. The fourth-order valence-electron chi connectivity index (χ4n) is 6.24. The molecule has 0 aliphatic carbocycles. The highest BCUT2D eigenvalue weighted by Gasteiger charge is 2.38. The predicted molar refractivity (Wildman–Crippen MR) is 220 cm³/mol. The number of carbonyl (C=O) groups is 8. The lowest BCUT2D eigenvalue weighted by molar-refractivity contribution is -0.149. The Morgan fingerprint density at radius 3 is 1.75 bits per heavy atom. The number of ether oxygens (including phenoxy) is 1. The van der Waals surface area contributed by atoms with Crippen molar-refractivity contribution in [1.29, 1.82) is 0 Å². The predicted octanol–water partition coefficient (Wildman–Crippen LogP) is 1.48. The van der Waals surface area contributed by atoms with Crippen LogP contribution in [-0.4, -0.2) is 89.7 Å². The Morgan fingerprint density at radius 1 is 0.712 bits per heavy atom. The van der Waals surface area contributed by atoms with E-state index >= 15 is 0 Å². The van der Waals surface area contributed by atoms with E-state index in [9.17, 15) is 38.4 Å². The summed E-state index contributed by atoms with van der Waals surface area (Å²) in [4.78, 5) is 108. The summed E-state index contributed by atoms with van der Waals surface area (Å²) in [5.74, 6) is -6.26. The van der Waals surface area contributed by atoms with Gasteiger partial charge in [-0.3, -0.25) is 33.6 Å². The van der Waals surface area contributed by atoms with Crippen LogP contribution in [0.5, 0.6) is 0 Å². The highest BCUT2D eigenvalue weighted by atomic mass is 16.5. The minimum atomic E-state index is -1.59. The molecule has 1 heterocycles. The summed E-state index contributed by atoms with van der Waals surface area (Å²) in [5.41, 5.74) is 1.20. The van der Waals surface area contributed by atoms with E-state index in [-0.39, 0.29) is 43.2 Å². The number of amides is 7. The summed E-state index contributed by atoms with van der Waals surface area (Å²) < 4.78 is 5.60. The maximum Gasteiger partial charge on any atom is 0.354 e. The maximum absolute atomic E-state index is 14.3. The Hall–Kier alpha value is -6.06. The third kappa shape index (κ3) is 14.7. The number of benzene rings is 2. The number of nitrogens with one attached hydrogen (secondary N) is 7. The Bertz CT molecular complexity index is 1830. The summed E-state index contributed by atoms with van der Waals surface area (Å²) in [6, 6.07) is 10.6. The van der Waals surface area contributed by atoms with Crippen molar-refractivity contribution in [3.8, 4) is 0 Å². The van der Waals surface area contributed by atoms with Crippen LogP contribution in [0.25, 0.3) is 0 Å². The molecular formula is C43H59N7O9. The lowest BCUT2D eigenvalue weighted by Gasteiger charge is -2.30. The zero-order valence-corrected chi connectivity index (χ0v) is 35.0. The molecule has 0 spiro atoms. The van der Waals surface area contributed by atoms with Gasteiger partial charge in [0, 0.05) is 19.3 Å². The Labute approximate surface area is 345 Å². The van der Waals surface area contributed by atoms with Crippen LogP contribution in [0.1, 0.15) is 79.4 Å². The SMILES string of the molecule is CC=C1NC(=O)[C@H](C)NC(=O)[C@H](C(C)C)NC(=O)[C@H](NC(=O)[C@H](Cc2ccccc2)NC(=O)[C@@H](CC(C)C)NC(=O)[C@@H](Cc2ccccc2)NC(=O)CC)[C@@H](C)OC1=O. The molecule has 3 rings (SSSR count). The molecule has 16 heteroatoms. The molecule has 1 aliphatic rings. The molecule has 7 atom stereocenters. The van der Waals surface area contributed by atoms with Crippen LogP contribution in [0, 0.1) is 11.8 Å². The molecule has 0 unspecified atom stereocenters. The largest absolute Gasteiger partial charge is 0.455 e. The van der Waals surface area contributed by atoms with Crippen LogP contribution >= 0.6 is 0 Å². The highest BCUT2D eigenvalue weighted by Crippen LogP contribution is 2.13. The van der Waals surface area contributed by atoms with Crippen molar-refractivity contribution in [2.45, 2.75) is 123 Å². The molecule has 0 radical (unpaired) electrons. The second kappa shape index (κ2) is 22.8. The lowest BCUT2D eigenvalue weighted by Crippen LogP contribution is -2.62. The van der Waals surface area contributed by atoms with E-state index < -0.39 is 89.7 Å². The van der Waals surface area contributed by atoms with Gasteiger partial charge in [-0.25, -0.2) is 4.79 Å². The minimum Gasteiger partial charge on any atom is -0.455 e. The second-order valence-electron chi connectivity index (χ2n) is 15.4. The molecule has 1 saturated heterocycles. The second-order valence-corrected chi connectivity index (χ2v) is 15.4. The van der Waals surface area contributed by atoms with E-state index in [0.717, 1.165) is 5.56 Å². The van der Waals surface area contributed by atoms with Gasteiger partial charge in [-0.05, 0) is 50.2 Å². The zero-order chi connectivity index (χ0) is 43.8. The van der Waals surface area contributed by atoms with Crippen molar-refractivity contribution in [1.82, 2.24) is 37.2 Å². The van der Waals surface area contributed by atoms with Crippen molar-refractivity contribution < 1.29 is 43.1 Å². The number of hydrogen-bond acceptors (Lipinski definition) is 9. The zero-order valence-electron chi connectivity index (χ0n) is 35.0. The van der Waals surface area contributed by atoms with Crippen LogP contribution in [0.4, 0.5) is 0 Å². The highest BCUT2D eigenvalue weighted by molar-refractivity contribution is 6.00. The van der Waals surface area contributed by atoms with Crippen LogP contribution in [-0.2, 0) is 55.9 Å². The Kier molecular flexibility index (Phi) is 18.3. The summed E-state index contributed by atoms with van der Waals surface area (Å²) >= 11 is 0. The summed E-state index contributed by atoms with van der Waals surface area (Å²) in [7, 11) is 0. The van der Waals surface area contributed by atoms with Gasteiger partial charge in [0.25, 0.3) is 0 Å². The van der Waals surface area contributed by atoms with Gasteiger partial charge in [0.2, 0.25) is 41.4 Å². The van der Waals surface area contributed by atoms with Gasteiger partial charge in [0.1, 0.15) is 48.1 Å². The normalized spacial score (nSPS) is 21.2. The van der Waals surface area contributed by atoms with Crippen molar-refractivity contribution in [2.24, 2.45) is 11.8 Å². The molecule has 0 saturated carbocycles. The molecule has 2 aromatic rings. The van der Waals surface area contributed by atoms with Gasteiger partial charge in [0.15, 0.2) is 0 Å². The van der Waals surface area contributed by atoms with Crippen LogP contribution < -0.4 is 37.2 Å². The van der Waals surface area contributed by atoms with Gasteiger partial charge < -0.3 is 42.0 Å². The fourth-order valence-corrected chi connectivity index (χ4v) is 6.24. The third-order valence-electron chi connectivity index (χ3n) is 9.62. The first kappa shape index (κ1) is 47.3. The fraction of sp³-hybridized carbons (Fsp3) is 0.488. The van der Waals surface area contributed by atoms with Gasteiger partial charge >= 0.3 is 5.97 Å². The molecule has 59 heavy (non-hydrogen) atoms. The Morgan fingerprint density at radius 2 is 1.24 bits per heavy atom. The van der Waals surface area contributed by atoms with E-state index in [0.29, 0.717) is 5.56 Å². The average molecular weight is 818 g/mol. The number of esters is 1. The quantitative estimate of drug-likeness (QED) is 0.102. The standard InChI is InChI=1S/C43H59N7O9/c1-9-30-43(58)59-27(8)36(42(57)49-35(25(5)6)41(56)44-26(7)37(52)46-30)50-40(55)33(23-29-19-15-12-16-20-29)48-38(53)31(21-24(3)4)47-39(54)32(45-34(51)10-2)22-28-17-13-11-14-18-28/h9,11-20,24-27,31-33,35-36H,10,21-23H2,1-8H3,(H,44,56)(H,45,51)(H,46,52)(H,47,54)(H,48,53)(H,49,57)(H,50,55)/t26-,27+,31+,32+,33-,35-,36+/m0/s1. The van der Waals surface area contributed by atoms with E-state index in [1.165, 1.54) is 26.8 Å². The van der Waals surface area contributed by atoms with E-state index in [4.69, 9.17) is 4.74 Å². The van der Waals surface area contributed by atoms with Gasteiger partial charge in [0.05, 0.1) is 0 Å². The molecule has 1 aliphatic heterocycles. The van der Waals surface area contributed by atoms with E-state index in [2.05, 4.69) is 37.2 Å². The first-order valence-electron chi connectivity index (χ1n) is 20.0. The van der Waals surface area contributed by atoms with Crippen LogP contribution in [0.2, 0.25) is 0 Å². The third-order valence-corrected chi connectivity index (χ3v) is 9.62. The molecule has 16 nitrogen and oxygen atoms in total. The van der Waals surface area contributed by atoms with Gasteiger partial charge in [-0.2, -0.15) is 0 Å². The van der Waals surface area contributed by atoms with E-state index in [1.807, 2.05) is 44.2 Å². The monoisotopic (exact) mass is 817 g/mol. The summed E-state index contributed by atoms with van der Waals surface area (Å²) in [6.45, 7) is 13.0. The molecule has 0 bridgehead atoms.